The van der Waals surface area contributed by atoms with Crippen molar-refractivity contribution in [1.29, 1.82) is 0 Å². The molecular weight excluding hydrogens is 774 g/mol. The van der Waals surface area contributed by atoms with Gasteiger partial charge in [-0.25, -0.2) is 9.79 Å². The lowest BCUT2D eigenvalue weighted by molar-refractivity contribution is -0.139. The zero-order valence-electron chi connectivity index (χ0n) is 22.7. The highest BCUT2D eigenvalue weighted by atomic mass is 127. The number of ether oxygens (including phenoxy) is 2. The largest absolute Gasteiger partial charge is 0.487 e. The summed E-state index contributed by atoms with van der Waals surface area (Å²) >= 11 is 19.3. The fraction of sp³-hybridized carbons (Fsp3) is 0.194. The van der Waals surface area contributed by atoms with Crippen LogP contribution in [0.1, 0.15) is 42.1 Å². The van der Waals surface area contributed by atoms with Gasteiger partial charge in [0.05, 0.1) is 46.5 Å². The van der Waals surface area contributed by atoms with Gasteiger partial charge in [-0.05, 0) is 106 Å². The van der Waals surface area contributed by atoms with Crippen LogP contribution in [0, 0.1) is 10.5 Å². The predicted octanol–water partition coefficient (Wildman–Crippen LogP) is 7.36. The minimum atomic E-state index is -0.646. The number of rotatable bonds is 7. The Labute approximate surface area is 278 Å². The van der Waals surface area contributed by atoms with Crippen LogP contribution in [0.15, 0.2) is 80.1 Å². The molecule has 0 radical (unpaired) electrons. The number of aromatic nitrogens is 1. The highest BCUT2D eigenvalue weighted by molar-refractivity contribution is 14.1. The van der Waals surface area contributed by atoms with E-state index in [4.69, 9.17) is 32.7 Å². The summed E-state index contributed by atoms with van der Waals surface area (Å²) in [5.74, 6) is 0.197. The number of carbonyl (C=O) groups is 1. The summed E-state index contributed by atoms with van der Waals surface area (Å²) < 4.78 is 15.1. The Bertz CT molecular complexity index is 1900. The summed E-state index contributed by atoms with van der Waals surface area (Å²) in [5, 5.41) is 0.959. The smallest absolute Gasteiger partial charge is 0.338 e. The molecule has 1 aromatic heterocycles. The fourth-order valence-corrected chi connectivity index (χ4v) is 7.73. The number of benzene rings is 3. The second-order valence-electron chi connectivity index (χ2n) is 9.56. The third kappa shape index (κ3) is 6.40. The van der Waals surface area contributed by atoms with E-state index in [0.717, 1.165) is 30.3 Å². The van der Waals surface area contributed by atoms with Crippen molar-refractivity contribution in [2.24, 2.45) is 4.99 Å². The molecule has 11 heteroatoms. The summed E-state index contributed by atoms with van der Waals surface area (Å²) in [6, 6.07) is 16.4. The van der Waals surface area contributed by atoms with Crippen LogP contribution < -0.4 is 19.6 Å². The van der Waals surface area contributed by atoms with Gasteiger partial charge in [0.15, 0.2) is 4.80 Å². The monoisotopic (exact) mass is 796 g/mol. The minimum Gasteiger partial charge on any atom is -0.487 e. The maximum Gasteiger partial charge on any atom is 0.338 e. The lowest BCUT2D eigenvalue weighted by Gasteiger charge is -2.24. The third-order valence-electron chi connectivity index (χ3n) is 6.60. The average molecular weight is 798 g/mol. The van der Waals surface area contributed by atoms with E-state index in [1.807, 2.05) is 55.5 Å². The van der Waals surface area contributed by atoms with Crippen molar-refractivity contribution in [2.45, 2.75) is 33.4 Å². The van der Waals surface area contributed by atoms with Gasteiger partial charge in [0.1, 0.15) is 12.4 Å². The predicted molar refractivity (Wildman–Crippen MR) is 179 cm³/mol. The molecule has 4 aromatic rings. The molecular formula is C31H24BrCl2IN2O4S. The number of allylic oxidation sites excluding steroid dienone is 1. The van der Waals surface area contributed by atoms with E-state index >= 15 is 0 Å². The van der Waals surface area contributed by atoms with Gasteiger partial charge in [0.2, 0.25) is 0 Å². The number of hydrogen-bond acceptors (Lipinski definition) is 6. The molecule has 6 nitrogen and oxygen atoms in total. The van der Waals surface area contributed by atoms with Crippen molar-refractivity contribution in [3.63, 3.8) is 0 Å². The van der Waals surface area contributed by atoms with E-state index in [1.165, 1.54) is 11.3 Å². The van der Waals surface area contributed by atoms with Crippen molar-refractivity contribution in [3.05, 3.63) is 126 Å². The van der Waals surface area contributed by atoms with E-state index in [2.05, 4.69) is 43.5 Å². The van der Waals surface area contributed by atoms with Crippen molar-refractivity contribution >= 4 is 85.1 Å². The molecule has 0 aliphatic carbocycles. The lowest BCUT2D eigenvalue weighted by atomic mass is 9.95. The molecule has 1 atom stereocenters. The minimum absolute atomic E-state index is 0.224. The number of thiazole rings is 1. The first-order valence-corrected chi connectivity index (χ1v) is 16.3. The number of carbonyl (C=O) groups excluding carboxylic acids is 1. The van der Waals surface area contributed by atoms with Gasteiger partial charge in [-0.3, -0.25) is 9.36 Å². The number of nitrogens with zero attached hydrogens (tertiary/aromatic N) is 2. The number of halogens is 4. The van der Waals surface area contributed by atoms with Gasteiger partial charge in [0.25, 0.3) is 5.56 Å². The van der Waals surface area contributed by atoms with Crippen LogP contribution in [0.5, 0.6) is 5.75 Å². The molecule has 216 valence electrons. The number of esters is 1. The molecule has 3 aromatic carbocycles. The maximum atomic E-state index is 13.9. The van der Waals surface area contributed by atoms with E-state index in [9.17, 15) is 9.59 Å². The standard InChI is InChI=1S/C31H24BrCl2IN2O4S/c1-4-40-30(39)26-17(3)36-31-37(27(26)20-8-5-16(2)6-9-20)29(38)25(42-31)14-19-11-21(32)28(24(35)13-19)41-15-18-7-10-22(33)23(34)12-18/h5-14,27H,4,15H2,1-3H3/b25-14+/t27-/m1/s1. The topological polar surface area (TPSA) is 69.9 Å². The molecule has 0 amide bonds. The Morgan fingerprint density at radius 2 is 1.86 bits per heavy atom. The van der Waals surface area contributed by atoms with E-state index < -0.39 is 12.0 Å². The Balaban J connectivity index is 1.54. The first-order chi connectivity index (χ1) is 20.1. The van der Waals surface area contributed by atoms with Gasteiger partial charge < -0.3 is 9.47 Å². The summed E-state index contributed by atoms with van der Waals surface area (Å²) in [7, 11) is 0. The molecule has 0 unspecified atom stereocenters. The quantitative estimate of drug-likeness (QED) is 0.145. The Morgan fingerprint density at radius 3 is 2.52 bits per heavy atom. The van der Waals surface area contributed by atoms with Crippen LogP contribution in [0.4, 0.5) is 0 Å². The van der Waals surface area contributed by atoms with Crippen molar-refractivity contribution in [1.82, 2.24) is 4.57 Å². The van der Waals surface area contributed by atoms with Crippen molar-refractivity contribution in [3.8, 4) is 5.75 Å². The Hall–Kier alpha value is -2.44. The summed E-state index contributed by atoms with van der Waals surface area (Å²) in [5.41, 5.74) is 4.25. The number of aryl methyl sites for hydroxylation is 1. The molecule has 0 saturated carbocycles. The van der Waals surface area contributed by atoms with Gasteiger partial charge in [0, 0.05) is 0 Å². The molecule has 2 heterocycles. The number of hydrogen-bond donors (Lipinski definition) is 0. The van der Waals surface area contributed by atoms with E-state index in [1.54, 1.807) is 30.5 Å². The second kappa shape index (κ2) is 13.1. The molecule has 0 N–H and O–H groups in total. The highest BCUT2D eigenvalue weighted by Crippen LogP contribution is 2.34. The SMILES string of the molecule is CCOC(=O)C1=C(C)N=c2s/c(=C/c3cc(Br)c(OCc4ccc(Cl)c(Cl)c4)c(I)c3)c(=O)n2[C@@H]1c1ccc(C)cc1. The van der Waals surface area contributed by atoms with Crippen molar-refractivity contribution < 1.29 is 14.3 Å². The molecule has 0 spiro atoms. The highest BCUT2D eigenvalue weighted by Gasteiger charge is 2.33. The third-order valence-corrected chi connectivity index (χ3v) is 9.71. The van der Waals surface area contributed by atoms with E-state index in [-0.39, 0.29) is 12.2 Å². The van der Waals surface area contributed by atoms with Crippen molar-refractivity contribution in [2.75, 3.05) is 6.61 Å². The molecule has 0 saturated heterocycles. The molecule has 0 bridgehead atoms. The molecule has 42 heavy (non-hydrogen) atoms. The number of fused-ring (bicyclic) bond motifs is 1. The van der Waals surface area contributed by atoms with E-state index in [0.29, 0.717) is 43.0 Å². The van der Waals surface area contributed by atoms with Gasteiger partial charge in [-0.1, -0.05) is 70.4 Å². The molecule has 0 fully saturated rings. The van der Waals surface area contributed by atoms with Crippen LogP contribution in [0.3, 0.4) is 0 Å². The molecule has 5 rings (SSSR count). The molecule has 1 aliphatic rings. The van der Waals surface area contributed by atoms with Crippen LogP contribution in [0.2, 0.25) is 10.0 Å². The maximum absolute atomic E-state index is 13.9. The average Bonchev–Trinajstić information content (AvgIpc) is 3.24. The Morgan fingerprint density at radius 1 is 1.12 bits per heavy atom. The first-order valence-electron chi connectivity index (χ1n) is 12.9. The molecule has 1 aliphatic heterocycles. The lowest BCUT2D eigenvalue weighted by Crippen LogP contribution is -2.39. The zero-order chi connectivity index (χ0) is 30.1. The van der Waals surface area contributed by atoms with Gasteiger partial charge in [-0.2, -0.15) is 0 Å². The van der Waals surface area contributed by atoms with Crippen LogP contribution in [-0.4, -0.2) is 17.1 Å². The van der Waals surface area contributed by atoms with Gasteiger partial charge >= 0.3 is 5.97 Å². The summed E-state index contributed by atoms with van der Waals surface area (Å²) in [6.45, 7) is 6.06. The van der Waals surface area contributed by atoms with Crippen LogP contribution in [-0.2, 0) is 16.1 Å². The normalized spacial score (nSPS) is 14.9. The fourth-order valence-electron chi connectivity index (χ4n) is 4.59. The second-order valence-corrected chi connectivity index (χ2v) is 13.4. The zero-order valence-corrected chi connectivity index (χ0v) is 28.8. The van der Waals surface area contributed by atoms with Crippen LogP contribution >= 0.6 is 73.1 Å². The summed E-state index contributed by atoms with van der Waals surface area (Å²) in [6.07, 6.45) is 1.83. The Kier molecular flexibility index (Phi) is 9.63. The van der Waals surface area contributed by atoms with Crippen LogP contribution in [0.25, 0.3) is 6.08 Å². The summed E-state index contributed by atoms with van der Waals surface area (Å²) in [4.78, 5) is 32.1. The van der Waals surface area contributed by atoms with Gasteiger partial charge in [-0.15, -0.1) is 0 Å². The first kappa shape index (κ1) is 31.0.